The van der Waals surface area contributed by atoms with E-state index in [9.17, 15) is 5.11 Å². The SMILES string of the molecule is COc1ccc([C@@H]2CCCC[C@H]2O)cc1. The van der Waals surface area contributed by atoms with Crippen LogP contribution in [-0.4, -0.2) is 18.3 Å². The molecule has 2 heteroatoms. The molecule has 0 saturated heterocycles. The lowest BCUT2D eigenvalue weighted by Gasteiger charge is -2.27. The lowest BCUT2D eigenvalue weighted by Crippen LogP contribution is -2.22. The predicted octanol–water partition coefficient (Wildman–Crippen LogP) is 2.71. The minimum atomic E-state index is -0.160. The number of rotatable bonds is 2. The second-order valence-corrected chi connectivity index (χ2v) is 4.23. The molecule has 2 atom stereocenters. The van der Waals surface area contributed by atoms with Crippen molar-refractivity contribution in [1.82, 2.24) is 0 Å². The standard InChI is InChI=1S/C13H18O2/c1-15-11-8-6-10(7-9-11)12-4-2-3-5-13(12)14/h6-9,12-14H,2-5H2,1H3/t12-,13+/m0/s1. The van der Waals surface area contributed by atoms with Gasteiger partial charge in [-0.05, 0) is 30.5 Å². The molecule has 15 heavy (non-hydrogen) atoms. The molecule has 1 saturated carbocycles. The topological polar surface area (TPSA) is 29.5 Å². The van der Waals surface area contributed by atoms with Gasteiger partial charge in [-0.15, -0.1) is 0 Å². The number of benzene rings is 1. The van der Waals surface area contributed by atoms with E-state index >= 15 is 0 Å². The summed E-state index contributed by atoms with van der Waals surface area (Å²) < 4.78 is 5.12. The van der Waals surface area contributed by atoms with Gasteiger partial charge in [0.1, 0.15) is 5.75 Å². The molecule has 0 spiro atoms. The molecule has 1 aliphatic rings. The number of ether oxygens (including phenoxy) is 1. The Morgan fingerprint density at radius 1 is 1.13 bits per heavy atom. The Morgan fingerprint density at radius 2 is 1.80 bits per heavy atom. The lowest BCUT2D eigenvalue weighted by atomic mass is 9.82. The fraction of sp³-hybridized carbons (Fsp3) is 0.538. The minimum Gasteiger partial charge on any atom is -0.497 e. The van der Waals surface area contributed by atoms with Gasteiger partial charge in [-0.25, -0.2) is 0 Å². The first-order chi connectivity index (χ1) is 7.31. The first-order valence-electron chi connectivity index (χ1n) is 5.63. The molecule has 1 aromatic rings. The third kappa shape index (κ3) is 2.32. The highest BCUT2D eigenvalue weighted by molar-refractivity contribution is 5.30. The Morgan fingerprint density at radius 3 is 2.40 bits per heavy atom. The Balaban J connectivity index is 2.13. The number of hydrogen-bond acceptors (Lipinski definition) is 2. The molecule has 0 heterocycles. The van der Waals surface area contributed by atoms with Crippen LogP contribution in [0.1, 0.15) is 37.2 Å². The highest BCUT2D eigenvalue weighted by atomic mass is 16.5. The number of aliphatic hydroxyl groups excluding tert-OH is 1. The summed E-state index contributed by atoms with van der Waals surface area (Å²) in [6, 6.07) is 8.07. The van der Waals surface area contributed by atoms with Crippen LogP contribution in [0.4, 0.5) is 0 Å². The van der Waals surface area contributed by atoms with E-state index in [4.69, 9.17) is 4.74 Å². The molecular weight excluding hydrogens is 188 g/mol. The Kier molecular flexibility index (Phi) is 3.27. The Labute approximate surface area is 90.9 Å². The molecule has 1 aromatic carbocycles. The normalized spacial score (nSPS) is 26.3. The minimum absolute atomic E-state index is 0.160. The van der Waals surface area contributed by atoms with Crippen LogP contribution in [-0.2, 0) is 0 Å². The molecule has 0 amide bonds. The third-order valence-electron chi connectivity index (χ3n) is 3.27. The van der Waals surface area contributed by atoms with E-state index in [-0.39, 0.29) is 6.10 Å². The van der Waals surface area contributed by atoms with Crippen molar-refractivity contribution in [3.8, 4) is 5.75 Å². The molecule has 82 valence electrons. The van der Waals surface area contributed by atoms with Crippen LogP contribution in [0.2, 0.25) is 0 Å². The van der Waals surface area contributed by atoms with Crippen molar-refractivity contribution < 1.29 is 9.84 Å². The predicted molar refractivity (Wildman–Crippen MR) is 60.2 cm³/mol. The van der Waals surface area contributed by atoms with Crippen LogP contribution in [0.5, 0.6) is 5.75 Å². The van der Waals surface area contributed by atoms with Crippen molar-refractivity contribution >= 4 is 0 Å². The first-order valence-corrected chi connectivity index (χ1v) is 5.63. The third-order valence-corrected chi connectivity index (χ3v) is 3.27. The molecule has 0 aromatic heterocycles. The summed E-state index contributed by atoms with van der Waals surface area (Å²) in [7, 11) is 1.67. The van der Waals surface area contributed by atoms with E-state index < -0.39 is 0 Å². The molecule has 0 aliphatic heterocycles. The Bertz CT molecular complexity index is 305. The molecule has 1 aliphatic carbocycles. The van der Waals surface area contributed by atoms with Crippen LogP contribution in [0.15, 0.2) is 24.3 Å². The van der Waals surface area contributed by atoms with Crippen molar-refractivity contribution in [2.24, 2.45) is 0 Å². The maximum absolute atomic E-state index is 9.92. The van der Waals surface area contributed by atoms with Gasteiger partial charge >= 0.3 is 0 Å². The zero-order valence-corrected chi connectivity index (χ0v) is 9.15. The fourth-order valence-electron chi connectivity index (χ4n) is 2.35. The van der Waals surface area contributed by atoms with Crippen LogP contribution >= 0.6 is 0 Å². The van der Waals surface area contributed by atoms with E-state index in [1.807, 2.05) is 12.1 Å². The van der Waals surface area contributed by atoms with Gasteiger partial charge in [-0.1, -0.05) is 25.0 Å². The lowest BCUT2D eigenvalue weighted by molar-refractivity contribution is 0.106. The monoisotopic (exact) mass is 206 g/mol. The van der Waals surface area contributed by atoms with Gasteiger partial charge in [0.2, 0.25) is 0 Å². The molecule has 1 fully saturated rings. The van der Waals surface area contributed by atoms with E-state index in [2.05, 4.69) is 12.1 Å². The summed E-state index contributed by atoms with van der Waals surface area (Å²) in [5.41, 5.74) is 1.24. The molecule has 2 nitrogen and oxygen atoms in total. The van der Waals surface area contributed by atoms with Crippen LogP contribution in [0.25, 0.3) is 0 Å². The van der Waals surface area contributed by atoms with Gasteiger partial charge in [-0.2, -0.15) is 0 Å². The maximum atomic E-state index is 9.92. The van der Waals surface area contributed by atoms with Crippen molar-refractivity contribution in [3.05, 3.63) is 29.8 Å². The molecule has 0 bridgehead atoms. The van der Waals surface area contributed by atoms with Gasteiger partial charge < -0.3 is 9.84 Å². The molecule has 0 radical (unpaired) electrons. The fourth-order valence-corrected chi connectivity index (χ4v) is 2.35. The van der Waals surface area contributed by atoms with E-state index in [1.165, 1.54) is 12.0 Å². The molecule has 0 unspecified atom stereocenters. The van der Waals surface area contributed by atoms with Gasteiger partial charge in [0, 0.05) is 5.92 Å². The van der Waals surface area contributed by atoms with Gasteiger partial charge in [0.25, 0.3) is 0 Å². The summed E-state index contributed by atoms with van der Waals surface area (Å²) >= 11 is 0. The average Bonchev–Trinajstić information content (AvgIpc) is 2.30. The van der Waals surface area contributed by atoms with E-state index in [1.54, 1.807) is 7.11 Å². The van der Waals surface area contributed by atoms with E-state index in [0.29, 0.717) is 5.92 Å². The average molecular weight is 206 g/mol. The smallest absolute Gasteiger partial charge is 0.118 e. The van der Waals surface area contributed by atoms with Gasteiger partial charge in [-0.3, -0.25) is 0 Å². The molecular formula is C13H18O2. The van der Waals surface area contributed by atoms with Crippen LogP contribution in [0, 0.1) is 0 Å². The van der Waals surface area contributed by atoms with Crippen molar-refractivity contribution in [2.75, 3.05) is 7.11 Å². The zero-order chi connectivity index (χ0) is 10.7. The maximum Gasteiger partial charge on any atom is 0.118 e. The molecule has 1 N–H and O–H groups in total. The summed E-state index contributed by atoms with van der Waals surface area (Å²) in [5, 5.41) is 9.92. The second kappa shape index (κ2) is 4.67. The van der Waals surface area contributed by atoms with Gasteiger partial charge in [0.05, 0.1) is 13.2 Å². The van der Waals surface area contributed by atoms with Crippen LogP contribution < -0.4 is 4.74 Å². The van der Waals surface area contributed by atoms with Crippen molar-refractivity contribution in [1.29, 1.82) is 0 Å². The summed E-state index contributed by atoms with van der Waals surface area (Å²) in [6.07, 6.45) is 4.28. The second-order valence-electron chi connectivity index (χ2n) is 4.23. The number of hydrogen-bond donors (Lipinski definition) is 1. The number of methoxy groups -OCH3 is 1. The summed E-state index contributed by atoms with van der Waals surface area (Å²) in [6.45, 7) is 0. The summed E-state index contributed by atoms with van der Waals surface area (Å²) in [5.74, 6) is 1.20. The van der Waals surface area contributed by atoms with Crippen LogP contribution in [0.3, 0.4) is 0 Å². The quantitative estimate of drug-likeness (QED) is 0.806. The largest absolute Gasteiger partial charge is 0.497 e. The highest BCUT2D eigenvalue weighted by Crippen LogP contribution is 2.33. The number of aliphatic hydroxyl groups is 1. The van der Waals surface area contributed by atoms with Crippen molar-refractivity contribution in [3.63, 3.8) is 0 Å². The summed E-state index contributed by atoms with van der Waals surface area (Å²) in [4.78, 5) is 0. The first kappa shape index (κ1) is 10.5. The van der Waals surface area contributed by atoms with Gasteiger partial charge in [0.15, 0.2) is 0 Å². The highest BCUT2D eigenvalue weighted by Gasteiger charge is 2.24. The van der Waals surface area contributed by atoms with Crippen molar-refractivity contribution in [2.45, 2.75) is 37.7 Å². The van der Waals surface area contributed by atoms with E-state index in [0.717, 1.165) is 25.0 Å². The Hall–Kier alpha value is -1.02. The molecule has 2 rings (SSSR count). The zero-order valence-electron chi connectivity index (χ0n) is 9.15.